The Kier molecular flexibility index (Phi) is 6.21. The molecule has 4 heteroatoms. The van der Waals surface area contributed by atoms with Gasteiger partial charge in [0.05, 0.1) is 5.75 Å². The van der Waals surface area contributed by atoms with Gasteiger partial charge in [-0.2, -0.15) is 0 Å². The summed E-state index contributed by atoms with van der Waals surface area (Å²) in [7, 11) is 0. The highest BCUT2D eigenvalue weighted by Crippen LogP contribution is 2.22. The molecule has 3 nitrogen and oxygen atoms in total. The van der Waals surface area contributed by atoms with Crippen LogP contribution in [-0.4, -0.2) is 17.6 Å². The molecule has 126 valence electrons. The highest BCUT2D eigenvalue weighted by atomic mass is 32.2. The van der Waals surface area contributed by atoms with Gasteiger partial charge in [0.25, 0.3) is 5.91 Å². The Hall–Kier alpha value is -2.07. The zero-order valence-electron chi connectivity index (χ0n) is 14.3. The van der Waals surface area contributed by atoms with E-state index in [4.69, 9.17) is 0 Å². The standard InChI is InChI=1S/C20H23NO2S/c1-20(2,3)17-11-9-16(10-12-17)19(23)21-18(22)14-24-13-15-7-5-4-6-8-15/h4-12H,13-14H2,1-3H3,(H,21,22,23). The number of amides is 2. The molecule has 0 spiro atoms. The molecule has 0 aliphatic rings. The van der Waals surface area contributed by atoms with E-state index in [9.17, 15) is 9.59 Å². The third kappa shape index (κ3) is 5.53. The van der Waals surface area contributed by atoms with Crippen molar-refractivity contribution in [1.29, 1.82) is 0 Å². The van der Waals surface area contributed by atoms with Gasteiger partial charge in [0.1, 0.15) is 0 Å². The molecule has 0 heterocycles. The van der Waals surface area contributed by atoms with Gasteiger partial charge in [-0.25, -0.2) is 0 Å². The Morgan fingerprint density at radius 3 is 2.17 bits per heavy atom. The maximum absolute atomic E-state index is 12.1. The molecule has 0 radical (unpaired) electrons. The second-order valence-corrected chi connectivity index (χ2v) is 7.67. The van der Waals surface area contributed by atoms with Crippen LogP contribution in [0.4, 0.5) is 0 Å². The summed E-state index contributed by atoms with van der Waals surface area (Å²) in [5.74, 6) is 0.408. The topological polar surface area (TPSA) is 46.2 Å². The predicted octanol–water partition coefficient (Wildman–Crippen LogP) is 4.17. The number of hydrogen-bond acceptors (Lipinski definition) is 3. The van der Waals surface area contributed by atoms with Gasteiger partial charge in [-0.15, -0.1) is 11.8 Å². The van der Waals surface area contributed by atoms with Gasteiger partial charge in [-0.05, 0) is 28.7 Å². The molecule has 0 fully saturated rings. The van der Waals surface area contributed by atoms with Crippen molar-refractivity contribution < 1.29 is 9.59 Å². The molecule has 2 aromatic rings. The first-order chi connectivity index (χ1) is 11.4. The largest absolute Gasteiger partial charge is 0.292 e. The molecule has 2 rings (SSSR count). The van der Waals surface area contributed by atoms with E-state index >= 15 is 0 Å². The number of nitrogens with one attached hydrogen (secondary N) is 1. The lowest BCUT2D eigenvalue weighted by atomic mass is 9.87. The zero-order chi connectivity index (χ0) is 17.6. The first-order valence-corrected chi connectivity index (χ1v) is 9.08. The van der Waals surface area contributed by atoms with Gasteiger partial charge in [0.2, 0.25) is 5.91 Å². The van der Waals surface area contributed by atoms with Crippen LogP contribution < -0.4 is 5.32 Å². The Bertz CT molecular complexity index is 688. The molecule has 0 bridgehead atoms. The molecular formula is C20H23NO2S. The average molecular weight is 341 g/mol. The summed E-state index contributed by atoms with van der Waals surface area (Å²) in [6, 6.07) is 17.3. The number of rotatable bonds is 5. The lowest BCUT2D eigenvalue weighted by molar-refractivity contribution is -0.117. The summed E-state index contributed by atoms with van der Waals surface area (Å²) in [5.41, 5.74) is 2.87. The highest BCUT2D eigenvalue weighted by Gasteiger charge is 2.15. The number of benzene rings is 2. The van der Waals surface area contributed by atoms with Crippen molar-refractivity contribution in [3.05, 3.63) is 71.3 Å². The molecule has 1 N–H and O–H groups in total. The van der Waals surface area contributed by atoms with Crippen LogP contribution in [0.15, 0.2) is 54.6 Å². The number of carbonyl (C=O) groups excluding carboxylic acids is 2. The first-order valence-electron chi connectivity index (χ1n) is 7.92. The Morgan fingerprint density at radius 1 is 0.958 bits per heavy atom. The van der Waals surface area contributed by atoms with Crippen LogP contribution in [0.25, 0.3) is 0 Å². The maximum Gasteiger partial charge on any atom is 0.257 e. The number of thioether (sulfide) groups is 1. The summed E-state index contributed by atoms with van der Waals surface area (Å²) in [6.45, 7) is 6.36. The fourth-order valence-corrected chi connectivity index (χ4v) is 2.98. The van der Waals surface area contributed by atoms with Crippen LogP contribution >= 0.6 is 11.8 Å². The normalized spacial score (nSPS) is 11.1. The minimum atomic E-state index is -0.347. The second kappa shape index (κ2) is 8.15. The van der Waals surface area contributed by atoms with E-state index in [1.165, 1.54) is 17.3 Å². The third-order valence-corrected chi connectivity index (χ3v) is 4.61. The highest BCUT2D eigenvalue weighted by molar-refractivity contribution is 7.99. The first kappa shape index (κ1) is 18.3. The van der Waals surface area contributed by atoms with Crippen molar-refractivity contribution in [2.45, 2.75) is 31.9 Å². The maximum atomic E-state index is 12.1. The molecule has 24 heavy (non-hydrogen) atoms. The monoisotopic (exact) mass is 341 g/mol. The Morgan fingerprint density at radius 2 is 1.58 bits per heavy atom. The number of hydrogen-bond donors (Lipinski definition) is 1. The van der Waals surface area contributed by atoms with Crippen molar-refractivity contribution in [2.75, 3.05) is 5.75 Å². The molecule has 0 saturated heterocycles. The average Bonchev–Trinajstić information content (AvgIpc) is 2.55. The van der Waals surface area contributed by atoms with Gasteiger partial charge >= 0.3 is 0 Å². The van der Waals surface area contributed by atoms with Crippen molar-refractivity contribution in [3.8, 4) is 0 Å². The minimum absolute atomic E-state index is 0.0406. The lowest BCUT2D eigenvalue weighted by Gasteiger charge is -2.18. The predicted molar refractivity (Wildman–Crippen MR) is 100 cm³/mol. The van der Waals surface area contributed by atoms with Crippen LogP contribution in [-0.2, 0) is 16.0 Å². The van der Waals surface area contributed by atoms with Crippen molar-refractivity contribution in [2.24, 2.45) is 0 Å². The van der Waals surface area contributed by atoms with Crippen LogP contribution in [0.1, 0.15) is 42.3 Å². The lowest BCUT2D eigenvalue weighted by Crippen LogP contribution is -2.31. The summed E-state index contributed by atoms with van der Waals surface area (Å²) >= 11 is 1.49. The quantitative estimate of drug-likeness (QED) is 0.887. The third-order valence-electron chi connectivity index (χ3n) is 3.61. The zero-order valence-corrected chi connectivity index (χ0v) is 15.2. The molecule has 0 atom stereocenters. The molecule has 0 saturated carbocycles. The summed E-state index contributed by atoms with van der Waals surface area (Å²) in [6.07, 6.45) is 0. The van der Waals surface area contributed by atoms with Gasteiger partial charge in [-0.1, -0.05) is 63.2 Å². The Balaban J connectivity index is 1.82. The van der Waals surface area contributed by atoms with E-state index < -0.39 is 0 Å². The van der Waals surface area contributed by atoms with Crippen LogP contribution in [0.5, 0.6) is 0 Å². The van der Waals surface area contributed by atoms with Gasteiger partial charge in [0.15, 0.2) is 0 Å². The van der Waals surface area contributed by atoms with Crippen molar-refractivity contribution >= 4 is 23.6 Å². The van der Waals surface area contributed by atoms with Gasteiger partial charge < -0.3 is 0 Å². The summed E-state index contributed by atoms with van der Waals surface area (Å²) in [4.78, 5) is 24.0. The summed E-state index contributed by atoms with van der Waals surface area (Å²) < 4.78 is 0. The second-order valence-electron chi connectivity index (χ2n) is 6.68. The molecule has 2 amide bonds. The fourth-order valence-electron chi connectivity index (χ4n) is 2.19. The Labute approximate surface area is 147 Å². The molecule has 0 aliphatic carbocycles. The van der Waals surface area contributed by atoms with Gasteiger partial charge in [0, 0.05) is 11.3 Å². The van der Waals surface area contributed by atoms with E-state index in [0.29, 0.717) is 5.56 Å². The van der Waals surface area contributed by atoms with E-state index in [0.717, 1.165) is 11.3 Å². The van der Waals surface area contributed by atoms with Crippen LogP contribution in [0.3, 0.4) is 0 Å². The minimum Gasteiger partial charge on any atom is -0.292 e. The van der Waals surface area contributed by atoms with Gasteiger partial charge in [-0.3, -0.25) is 14.9 Å². The molecular weight excluding hydrogens is 318 g/mol. The molecule has 2 aromatic carbocycles. The SMILES string of the molecule is CC(C)(C)c1ccc(C(=O)NC(=O)CSCc2ccccc2)cc1. The molecule has 0 unspecified atom stereocenters. The smallest absolute Gasteiger partial charge is 0.257 e. The fraction of sp³-hybridized carbons (Fsp3) is 0.300. The van der Waals surface area contributed by atoms with Crippen molar-refractivity contribution in [1.82, 2.24) is 5.32 Å². The van der Waals surface area contributed by atoms with E-state index in [-0.39, 0.29) is 23.0 Å². The van der Waals surface area contributed by atoms with E-state index in [1.54, 1.807) is 12.1 Å². The molecule has 0 aromatic heterocycles. The van der Waals surface area contributed by atoms with E-state index in [2.05, 4.69) is 26.1 Å². The number of carbonyl (C=O) groups is 2. The van der Waals surface area contributed by atoms with Crippen LogP contribution in [0.2, 0.25) is 0 Å². The number of imide groups is 1. The van der Waals surface area contributed by atoms with Crippen molar-refractivity contribution in [3.63, 3.8) is 0 Å². The van der Waals surface area contributed by atoms with Crippen LogP contribution in [0, 0.1) is 0 Å². The summed E-state index contributed by atoms with van der Waals surface area (Å²) in [5, 5.41) is 2.44. The van der Waals surface area contributed by atoms with E-state index in [1.807, 2.05) is 42.5 Å². The molecule has 0 aliphatic heterocycles.